The molecule has 2 rings (SSSR count). The zero-order chi connectivity index (χ0) is 14.5. The number of nitrogens with two attached hydrogens (primary N) is 1. The summed E-state index contributed by atoms with van der Waals surface area (Å²) in [5.41, 5.74) is 8.82. The molecule has 0 spiro atoms. The maximum Gasteiger partial charge on any atom is 0.274 e. The van der Waals surface area contributed by atoms with E-state index in [-0.39, 0.29) is 11.6 Å². The number of nitrogens with one attached hydrogen (secondary N) is 1. The fourth-order valence-corrected chi connectivity index (χ4v) is 1.93. The molecule has 0 aliphatic heterocycles. The summed E-state index contributed by atoms with van der Waals surface area (Å²) in [6, 6.07) is 8.18. The van der Waals surface area contributed by atoms with Gasteiger partial charge in [0.25, 0.3) is 5.91 Å². The highest BCUT2D eigenvalue weighted by Crippen LogP contribution is 2.10. The standard InChI is InChI=1S/C15H20N4O/c1-3-11-5-7-12(8-6-11)9-17-15(20)14-13(16)10-19(4-2)18-14/h5-8,10H,3-4,9,16H2,1-2H3,(H,17,20). The monoisotopic (exact) mass is 272 g/mol. The Hall–Kier alpha value is -2.30. The van der Waals surface area contributed by atoms with Gasteiger partial charge in [-0.05, 0) is 24.5 Å². The van der Waals surface area contributed by atoms with Crippen LogP contribution in [0.1, 0.15) is 35.5 Å². The molecule has 1 aromatic carbocycles. The number of aromatic nitrogens is 2. The zero-order valence-corrected chi connectivity index (χ0v) is 11.9. The largest absolute Gasteiger partial charge is 0.396 e. The van der Waals surface area contributed by atoms with Crippen LogP contribution in [0.5, 0.6) is 0 Å². The van der Waals surface area contributed by atoms with Crippen molar-refractivity contribution in [2.75, 3.05) is 5.73 Å². The number of hydrogen-bond donors (Lipinski definition) is 2. The Balaban J connectivity index is 1.98. The van der Waals surface area contributed by atoms with E-state index in [0.717, 1.165) is 12.0 Å². The minimum absolute atomic E-state index is 0.241. The second-order valence-corrected chi connectivity index (χ2v) is 4.64. The van der Waals surface area contributed by atoms with Gasteiger partial charge in [0.05, 0.1) is 5.69 Å². The van der Waals surface area contributed by atoms with E-state index < -0.39 is 0 Å². The second-order valence-electron chi connectivity index (χ2n) is 4.64. The van der Waals surface area contributed by atoms with Crippen molar-refractivity contribution in [1.82, 2.24) is 15.1 Å². The summed E-state index contributed by atoms with van der Waals surface area (Å²) in [5.74, 6) is -0.241. The van der Waals surface area contributed by atoms with Crippen LogP contribution >= 0.6 is 0 Å². The van der Waals surface area contributed by atoms with Crippen molar-refractivity contribution >= 4 is 11.6 Å². The third kappa shape index (κ3) is 3.17. The molecule has 0 aliphatic rings. The molecule has 20 heavy (non-hydrogen) atoms. The molecule has 5 heteroatoms. The normalized spacial score (nSPS) is 10.5. The van der Waals surface area contributed by atoms with Gasteiger partial charge in [-0.15, -0.1) is 0 Å². The number of nitrogen functional groups attached to an aromatic ring is 1. The molecule has 1 heterocycles. The second kappa shape index (κ2) is 6.23. The van der Waals surface area contributed by atoms with Crippen molar-refractivity contribution in [3.05, 3.63) is 47.3 Å². The molecular formula is C15H20N4O. The maximum absolute atomic E-state index is 12.0. The number of anilines is 1. The number of benzene rings is 1. The molecule has 1 amide bonds. The Morgan fingerprint density at radius 2 is 1.90 bits per heavy atom. The van der Waals surface area contributed by atoms with Gasteiger partial charge in [-0.3, -0.25) is 9.48 Å². The maximum atomic E-state index is 12.0. The van der Waals surface area contributed by atoms with Crippen LogP contribution in [0.15, 0.2) is 30.5 Å². The van der Waals surface area contributed by atoms with E-state index in [1.165, 1.54) is 5.56 Å². The smallest absolute Gasteiger partial charge is 0.274 e. The number of aryl methyl sites for hydroxylation is 2. The van der Waals surface area contributed by atoms with E-state index in [1.807, 2.05) is 19.1 Å². The molecule has 0 saturated carbocycles. The quantitative estimate of drug-likeness (QED) is 0.874. The van der Waals surface area contributed by atoms with Gasteiger partial charge in [-0.1, -0.05) is 31.2 Å². The SMILES string of the molecule is CCc1ccc(CNC(=O)c2nn(CC)cc2N)cc1. The third-order valence-corrected chi connectivity index (χ3v) is 3.21. The molecule has 0 radical (unpaired) electrons. The fourth-order valence-electron chi connectivity index (χ4n) is 1.93. The topological polar surface area (TPSA) is 72.9 Å². The van der Waals surface area contributed by atoms with Crippen molar-refractivity contribution in [3.63, 3.8) is 0 Å². The molecule has 2 aromatic rings. The van der Waals surface area contributed by atoms with E-state index in [0.29, 0.717) is 18.8 Å². The molecule has 1 aromatic heterocycles. The lowest BCUT2D eigenvalue weighted by Crippen LogP contribution is -2.24. The molecule has 3 N–H and O–H groups in total. The Morgan fingerprint density at radius 1 is 1.25 bits per heavy atom. The molecule has 5 nitrogen and oxygen atoms in total. The summed E-state index contributed by atoms with van der Waals surface area (Å²) in [7, 11) is 0. The highest BCUT2D eigenvalue weighted by atomic mass is 16.1. The lowest BCUT2D eigenvalue weighted by atomic mass is 10.1. The summed E-state index contributed by atoms with van der Waals surface area (Å²) in [6.45, 7) is 5.23. The lowest BCUT2D eigenvalue weighted by molar-refractivity contribution is 0.0946. The Labute approximate surface area is 118 Å². The fraction of sp³-hybridized carbons (Fsp3) is 0.333. The van der Waals surface area contributed by atoms with E-state index in [4.69, 9.17) is 5.73 Å². The molecule has 0 saturated heterocycles. The zero-order valence-electron chi connectivity index (χ0n) is 11.9. The van der Waals surface area contributed by atoms with E-state index in [9.17, 15) is 4.79 Å². The minimum Gasteiger partial charge on any atom is -0.396 e. The van der Waals surface area contributed by atoms with Gasteiger partial charge < -0.3 is 11.1 Å². The lowest BCUT2D eigenvalue weighted by Gasteiger charge is -2.05. The van der Waals surface area contributed by atoms with Crippen LogP contribution in [0.3, 0.4) is 0 Å². The summed E-state index contributed by atoms with van der Waals surface area (Å²) in [5, 5.41) is 6.98. The van der Waals surface area contributed by atoms with Crippen molar-refractivity contribution in [2.45, 2.75) is 33.4 Å². The van der Waals surface area contributed by atoms with Crippen molar-refractivity contribution < 1.29 is 4.79 Å². The minimum atomic E-state index is -0.241. The van der Waals surface area contributed by atoms with Crippen LogP contribution in [0.2, 0.25) is 0 Å². The van der Waals surface area contributed by atoms with Crippen molar-refractivity contribution in [2.24, 2.45) is 0 Å². The van der Waals surface area contributed by atoms with Crippen LogP contribution in [0.4, 0.5) is 5.69 Å². The van der Waals surface area contributed by atoms with E-state index >= 15 is 0 Å². The molecule has 0 aliphatic carbocycles. The van der Waals surface area contributed by atoms with Gasteiger partial charge in [-0.25, -0.2) is 0 Å². The summed E-state index contributed by atoms with van der Waals surface area (Å²) in [4.78, 5) is 12.0. The molecule has 0 fully saturated rings. The van der Waals surface area contributed by atoms with Crippen LogP contribution < -0.4 is 11.1 Å². The number of rotatable bonds is 5. The first-order valence-electron chi connectivity index (χ1n) is 6.83. The number of hydrogen-bond acceptors (Lipinski definition) is 3. The summed E-state index contributed by atoms with van der Waals surface area (Å²) < 4.78 is 1.65. The molecule has 106 valence electrons. The van der Waals surface area contributed by atoms with Gasteiger partial charge in [-0.2, -0.15) is 5.10 Å². The number of carbonyl (C=O) groups is 1. The van der Waals surface area contributed by atoms with Crippen molar-refractivity contribution in [1.29, 1.82) is 0 Å². The van der Waals surface area contributed by atoms with Crippen LogP contribution in [0.25, 0.3) is 0 Å². The number of nitrogens with zero attached hydrogens (tertiary/aromatic N) is 2. The first kappa shape index (κ1) is 14.1. The predicted octanol–water partition coefficient (Wildman–Crippen LogP) is 1.98. The number of amides is 1. The predicted molar refractivity (Wildman–Crippen MR) is 79.3 cm³/mol. The summed E-state index contributed by atoms with van der Waals surface area (Å²) in [6.07, 6.45) is 2.68. The first-order chi connectivity index (χ1) is 9.63. The molecule has 0 atom stereocenters. The Bertz CT molecular complexity index is 586. The van der Waals surface area contributed by atoms with Gasteiger partial charge in [0.2, 0.25) is 0 Å². The Kier molecular flexibility index (Phi) is 4.40. The number of carbonyl (C=O) groups excluding carboxylic acids is 1. The highest BCUT2D eigenvalue weighted by molar-refractivity contribution is 5.96. The Morgan fingerprint density at radius 3 is 2.45 bits per heavy atom. The molecular weight excluding hydrogens is 252 g/mol. The van der Waals surface area contributed by atoms with Gasteiger partial charge in [0.15, 0.2) is 5.69 Å². The van der Waals surface area contributed by atoms with Gasteiger partial charge in [0, 0.05) is 19.3 Å². The van der Waals surface area contributed by atoms with Crippen LogP contribution in [-0.2, 0) is 19.5 Å². The average molecular weight is 272 g/mol. The molecule has 0 bridgehead atoms. The van der Waals surface area contributed by atoms with Crippen LogP contribution in [-0.4, -0.2) is 15.7 Å². The van der Waals surface area contributed by atoms with Gasteiger partial charge >= 0.3 is 0 Å². The summed E-state index contributed by atoms with van der Waals surface area (Å²) >= 11 is 0. The van der Waals surface area contributed by atoms with Crippen LogP contribution in [0, 0.1) is 0 Å². The highest BCUT2D eigenvalue weighted by Gasteiger charge is 2.13. The van der Waals surface area contributed by atoms with E-state index in [2.05, 4.69) is 29.5 Å². The first-order valence-corrected chi connectivity index (χ1v) is 6.83. The van der Waals surface area contributed by atoms with E-state index in [1.54, 1.807) is 10.9 Å². The van der Waals surface area contributed by atoms with Gasteiger partial charge in [0.1, 0.15) is 0 Å². The van der Waals surface area contributed by atoms with Crippen molar-refractivity contribution in [3.8, 4) is 0 Å². The third-order valence-electron chi connectivity index (χ3n) is 3.21. The average Bonchev–Trinajstić information content (AvgIpc) is 2.86. The molecule has 0 unspecified atom stereocenters.